The van der Waals surface area contributed by atoms with Gasteiger partial charge in [0.1, 0.15) is 0 Å². The van der Waals surface area contributed by atoms with Crippen LogP contribution in [0.3, 0.4) is 0 Å². The third kappa shape index (κ3) is 3.99. The van der Waals surface area contributed by atoms with E-state index in [0.29, 0.717) is 10.6 Å². The summed E-state index contributed by atoms with van der Waals surface area (Å²) < 4.78 is 9.12. The molecule has 0 aliphatic carbocycles. The molecule has 6 heteroatoms. The molecule has 0 aliphatic rings. The Kier molecular flexibility index (Phi) is 5.38. The van der Waals surface area contributed by atoms with Gasteiger partial charge in [0.2, 0.25) is 0 Å². The summed E-state index contributed by atoms with van der Waals surface area (Å²) in [6.45, 7) is 3.63. The molecule has 1 unspecified atom stereocenters. The minimum absolute atomic E-state index is 0.0928. The summed E-state index contributed by atoms with van der Waals surface area (Å²) in [5, 5.41) is 3.06. The van der Waals surface area contributed by atoms with Gasteiger partial charge in [-0.05, 0) is 17.7 Å². The Morgan fingerprint density at radius 1 is 1.21 bits per heavy atom. The van der Waals surface area contributed by atoms with Crippen molar-refractivity contribution < 1.29 is 19.1 Å². The van der Waals surface area contributed by atoms with Crippen molar-refractivity contribution in [1.29, 1.82) is 0 Å². The van der Waals surface area contributed by atoms with Gasteiger partial charge >= 0.3 is 12.1 Å². The number of alkyl carbamates (subject to hydrolysis) is 1. The summed E-state index contributed by atoms with van der Waals surface area (Å²) in [5.41, 5.74) is 0.737. The van der Waals surface area contributed by atoms with Gasteiger partial charge in [-0.3, -0.25) is 0 Å². The van der Waals surface area contributed by atoms with E-state index in [-0.39, 0.29) is 5.57 Å². The van der Waals surface area contributed by atoms with Crippen LogP contribution in [0.25, 0.3) is 0 Å². The maximum Gasteiger partial charge on any atom is 0.407 e. The predicted octanol–water partition coefficient (Wildman–Crippen LogP) is 2.47. The Balaban J connectivity index is 3.04. The number of rotatable bonds is 4. The molecule has 0 fully saturated rings. The van der Waals surface area contributed by atoms with Gasteiger partial charge in [-0.25, -0.2) is 9.59 Å². The van der Waals surface area contributed by atoms with Crippen molar-refractivity contribution in [3.8, 4) is 0 Å². The van der Waals surface area contributed by atoms with E-state index in [1.807, 2.05) is 0 Å². The Labute approximate surface area is 116 Å². The molecule has 1 aromatic rings. The number of halogens is 1. The van der Waals surface area contributed by atoms with E-state index >= 15 is 0 Å². The first kappa shape index (κ1) is 15.0. The fraction of sp³-hybridized carbons (Fsp3) is 0.231. The van der Waals surface area contributed by atoms with Crippen molar-refractivity contribution in [3.63, 3.8) is 0 Å². The van der Waals surface area contributed by atoms with Gasteiger partial charge in [-0.15, -0.1) is 0 Å². The van der Waals surface area contributed by atoms with Gasteiger partial charge < -0.3 is 14.8 Å². The highest BCUT2D eigenvalue weighted by atomic mass is 35.5. The van der Waals surface area contributed by atoms with Gasteiger partial charge in [0.05, 0.1) is 25.8 Å². The molecule has 1 aromatic carbocycles. The lowest BCUT2D eigenvalue weighted by Crippen LogP contribution is -2.31. The zero-order valence-corrected chi connectivity index (χ0v) is 11.4. The molecular formula is C13H14ClNO4. The fourth-order valence-electron chi connectivity index (χ4n) is 1.45. The highest BCUT2D eigenvalue weighted by molar-refractivity contribution is 6.30. The second kappa shape index (κ2) is 6.80. The zero-order valence-electron chi connectivity index (χ0n) is 10.6. The van der Waals surface area contributed by atoms with Gasteiger partial charge in [-0.1, -0.05) is 30.3 Å². The third-order valence-corrected chi connectivity index (χ3v) is 2.70. The maximum atomic E-state index is 11.5. The monoisotopic (exact) mass is 283 g/mol. The molecule has 0 radical (unpaired) electrons. The summed E-state index contributed by atoms with van der Waals surface area (Å²) in [6, 6.07) is 5.91. The van der Waals surface area contributed by atoms with Crippen LogP contribution in [-0.2, 0) is 14.3 Å². The molecule has 0 aromatic heterocycles. The van der Waals surface area contributed by atoms with Crippen LogP contribution in [0.2, 0.25) is 5.02 Å². The van der Waals surface area contributed by atoms with Gasteiger partial charge in [-0.2, -0.15) is 0 Å². The van der Waals surface area contributed by atoms with E-state index in [9.17, 15) is 9.59 Å². The fourth-order valence-corrected chi connectivity index (χ4v) is 1.58. The first-order chi connectivity index (χ1) is 8.99. The minimum Gasteiger partial charge on any atom is -0.466 e. The maximum absolute atomic E-state index is 11.5. The molecule has 1 atom stereocenters. The number of ether oxygens (including phenoxy) is 2. The number of methoxy groups -OCH3 is 2. The predicted molar refractivity (Wildman–Crippen MR) is 70.9 cm³/mol. The normalized spacial score (nSPS) is 11.3. The van der Waals surface area contributed by atoms with Crippen LogP contribution in [0.15, 0.2) is 36.4 Å². The van der Waals surface area contributed by atoms with E-state index in [1.54, 1.807) is 24.3 Å². The van der Waals surface area contributed by atoms with E-state index in [0.717, 1.165) is 0 Å². The average Bonchev–Trinajstić information content (AvgIpc) is 2.43. The van der Waals surface area contributed by atoms with Crippen molar-refractivity contribution in [2.24, 2.45) is 0 Å². The first-order valence-electron chi connectivity index (χ1n) is 5.36. The standard InChI is InChI=1S/C13H14ClNO4/c1-8(12(16)18-2)11(15-13(17)19-3)9-4-6-10(14)7-5-9/h4-7,11H,1H2,2-3H3,(H,15,17). The van der Waals surface area contributed by atoms with Crippen LogP contribution < -0.4 is 5.32 Å². The van der Waals surface area contributed by atoms with E-state index < -0.39 is 18.1 Å². The lowest BCUT2D eigenvalue weighted by molar-refractivity contribution is -0.136. The molecular weight excluding hydrogens is 270 g/mol. The van der Waals surface area contributed by atoms with E-state index in [4.69, 9.17) is 11.6 Å². The Morgan fingerprint density at radius 3 is 2.26 bits per heavy atom. The smallest absolute Gasteiger partial charge is 0.407 e. The SMILES string of the molecule is C=C(C(=O)OC)C(NC(=O)OC)c1ccc(Cl)cc1. The molecule has 102 valence electrons. The summed E-state index contributed by atoms with van der Waals surface area (Å²) in [5.74, 6) is -0.614. The van der Waals surface area contributed by atoms with Crippen LogP contribution in [0.5, 0.6) is 0 Å². The molecule has 19 heavy (non-hydrogen) atoms. The molecule has 0 heterocycles. The van der Waals surface area contributed by atoms with Gasteiger partial charge in [0.25, 0.3) is 0 Å². The number of esters is 1. The molecule has 1 rings (SSSR count). The quantitative estimate of drug-likeness (QED) is 0.681. The summed E-state index contributed by atoms with van der Waals surface area (Å²) in [7, 11) is 2.47. The lowest BCUT2D eigenvalue weighted by Gasteiger charge is -2.19. The molecule has 5 nitrogen and oxygen atoms in total. The van der Waals surface area contributed by atoms with Crippen molar-refractivity contribution in [2.45, 2.75) is 6.04 Å². The Bertz CT molecular complexity index is 484. The number of nitrogens with one attached hydrogen (secondary N) is 1. The largest absolute Gasteiger partial charge is 0.466 e. The van der Waals surface area contributed by atoms with Gasteiger partial charge in [0, 0.05) is 5.02 Å². The van der Waals surface area contributed by atoms with Crippen molar-refractivity contribution in [3.05, 3.63) is 47.0 Å². The lowest BCUT2D eigenvalue weighted by atomic mass is 10.00. The van der Waals surface area contributed by atoms with Crippen LogP contribution in [0, 0.1) is 0 Å². The van der Waals surface area contributed by atoms with E-state index in [1.165, 1.54) is 14.2 Å². The number of carbonyl (C=O) groups excluding carboxylic acids is 2. The molecule has 0 aliphatic heterocycles. The summed E-state index contributed by atoms with van der Waals surface area (Å²) in [6.07, 6.45) is -0.676. The summed E-state index contributed by atoms with van der Waals surface area (Å²) in [4.78, 5) is 22.8. The topological polar surface area (TPSA) is 64.6 Å². The Morgan fingerprint density at radius 2 is 1.79 bits per heavy atom. The van der Waals surface area contributed by atoms with Crippen LogP contribution >= 0.6 is 11.6 Å². The number of amides is 1. The highest BCUT2D eigenvalue weighted by Crippen LogP contribution is 2.23. The molecule has 1 amide bonds. The molecule has 0 saturated heterocycles. The second-order valence-corrected chi connectivity index (χ2v) is 4.07. The molecule has 1 N–H and O–H groups in total. The van der Waals surface area contributed by atoms with Gasteiger partial charge in [0.15, 0.2) is 0 Å². The molecule has 0 spiro atoms. The number of carbonyl (C=O) groups is 2. The minimum atomic E-state index is -0.739. The first-order valence-corrected chi connectivity index (χ1v) is 5.74. The molecule has 0 saturated carbocycles. The van der Waals surface area contributed by atoms with Crippen molar-refractivity contribution >= 4 is 23.7 Å². The van der Waals surface area contributed by atoms with Crippen LogP contribution in [0.4, 0.5) is 4.79 Å². The summed E-state index contributed by atoms with van der Waals surface area (Å²) >= 11 is 5.79. The number of hydrogen-bond donors (Lipinski definition) is 1. The average molecular weight is 284 g/mol. The van der Waals surface area contributed by atoms with E-state index in [2.05, 4.69) is 21.4 Å². The third-order valence-electron chi connectivity index (χ3n) is 2.45. The van der Waals surface area contributed by atoms with Crippen LogP contribution in [0.1, 0.15) is 11.6 Å². The van der Waals surface area contributed by atoms with Crippen LogP contribution in [-0.4, -0.2) is 26.3 Å². The van der Waals surface area contributed by atoms with Crippen molar-refractivity contribution in [2.75, 3.05) is 14.2 Å². The molecule has 0 bridgehead atoms. The number of benzene rings is 1. The highest BCUT2D eigenvalue weighted by Gasteiger charge is 2.23. The zero-order chi connectivity index (χ0) is 14.4. The Hall–Kier alpha value is -2.01. The van der Waals surface area contributed by atoms with Crippen molar-refractivity contribution in [1.82, 2.24) is 5.32 Å². The second-order valence-electron chi connectivity index (χ2n) is 3.64. The number of hydrogen-bond acceptors (Lipinski definition) is 4.